The number of hydrogen-bond acceptors (Lipinski definition) is 4. The Kier molecular flexibility index (Phi) is 6.58. The van der Waals surface area contributed by atoms with Crippen LogP contribution in [-0.4, -0.2) is 31.7 Å². The van der Waals surface area contributed by atoms with Gasteiger partial charge in [-0.3, -0.25) is 4.79 Å². The normalized spacial score (nSPS) is 15.3. The molecule has 1 fully saturated rings. The summed E-state index contributed by atoms with van der Waals surface area (Å²) in [6.07, 6.45) is 0.942. The molecule has 1 amide bonds. The molecule has 1 N–H and O–H groups in total. The van der Waals surface area contributed by atoms with E-state index in [1.54, 1.807) is 36.4 Å². The standard InChI is InChI=1S/C25H26N2O4S/c1-19-11-13-21(14-12-19)31-24-10-6-5-9-23(24)26-25(28)20-15-17-27(18-16-20)32(29,30)22-7-3-2-4-8-22/h2-14,20H,15-18H2,1H3,(H,26,28). The Morgan fingerprint density at radius 2 is 1.53 bits per heavy atom. The number of anilines is 1. The van der Waals surface area contributed by atoms with Gasteiger partial charge in [-0.1, -0.05) is 48.0 Å². The van der Waals surface area contributed by atoms with Crippen LogP contribution >= 0.6 is 0 Å². The zero-order valence-corrected chi connectivity index (χ0v) is 18.7. The lowest BCUT2D eigenvalue weighted by Crippen LogP contribution is -2.41. The van der Waals surface area contributed by atoms with E-state index in [1.807, 2.05) is 49.4 Å². The lowest BCUT2D eigenvalue weighted by molar-refractivity contribution is -0.120. The molecular formula is C25H26N2O4S. The predicted molar refractivity (Wildman–Crippen MR) is 124 cm³/mol. The lowest BCUT2D eigenvalue weighted by atomic mass is 9.97. The molecule has 0 bridgehead atoms. The number of sulfonamides is 1. The number of para-hydroxylation sites is 2. The summed E-state index contributed by atoms with van der Waals surface area (Å²) in [6.45, 7) is 2.64. The summed E-state index contributed by atoms with van der Waals surface area (Å²) in [5, 5.41) is 2.97. The molecule has 1 aliphatic heterocycles. The minimum Gasteiger partial charge on any atom is -0.455 e. The van der Waals surface area contributed by atoms with Crippen molar-refractivity contribution < 1.29 is 17.9 Å². The molecule has 166 valence electrons. The molecular weight excluding hydrogens is 424 g/mol. The fourth-order valence-corrected chi connectivity index (χ4v) is 5.22. The van der Waals surface area contributed by atoms with Crippen molar-refractivity contribution in [3.8, 4) is 11.5 Å². The average molecular weight is 451 g/mol. The van der Waals surface area contributed by atoms with Crippen LogP contribution in [0, 0.1) is 12.8 Å². The summed E-state index contributed by atoms with van der Waals surface area (Å²) in [4.78, 5) is 13.2. The number of carbonyl (C=O) groups excluding carboxylic acids is 1. The van der Waals surface area contributed by atoms with E-state index >= 15 is 0 Å². The molecule has 6 nitrogen and oxygen atoms in total. The fraction of sp³-hybridized carbons (Fsp3) is 0.240. The van der Waals surface area contributed by atoms with Gasteiger partial charge in [0.25, 0.3) is 0 Å². The smallest absolute Gasteiger partial charge is 0.243 e. The monoisotopic (exact) mass is 450 g/mol. The number of benzene rings is 3. The van der Waals surface area contributed by atoms with Crippen molar-refractivity contribution in [2.45, 2.75) is 24.7 Å². The first-order valence-corrected chi connectivity index (χ1v) is 12.1. The van der Waals surface area contributed by atoms with Crippen molar-refractivity contribution in [2.75, 3.05) is 18.4 Å². The van der Waals surface area contributed by atoms with E-state index in [1.165, 1.54) is 4.31 Å². The van der Waals surface area contributed by atoms with Gasteiger partial charge in [0.2, 0.25) is 15.9 Å². The molecule has 3 aromatic rings. The highest BCUT2D eigenvalue weighted by atomic mass is 32.2. The van der Waals surface area contributed by atoms with Crippen LogP contribution in [0.2, 0.25) is 0 Å². The molecule has 3 aromatic carbocycles. The van der Waals surface area contributed by atoms with Crippen molar-refractivity contribution in [2.24, 2.45) is 5.92 Å². The van der Waals surface area contributed by atoms with Crippen LogP contribution in [0.1, 0.15) is 18.4 Å². The molecule has 1 heterocycles. The number of hydrogen-bond donors (Lipinski definition) is 1. The zero-order chi connectivity index (χ0) is 22.6. The van der Waals surface area contributed by atoms with Crippen molar-refractivity contribution in [1.29, 1.82) is 0 Å². The van der Waals surface area contributed by atoms with Gasteiger partial charge in [0, 0.05) is 19.0 Å². The molecule has 1 saturated heterocycles. The average Bonchev–Trinajstić information content (AvgIpc) is 2.82. The van der Waals surface area contributed by atoms with E-state index in [-0.39, 0.29) is 16.7 Å². The molecule has 0 radical (unpaired) electrons. The Morgan fingerprint density at radius 3 is 2.22 bits per heavy atom. The number of carbonyl (C=O) groups is 1. The number of ether oxygens (including phenoxy) is 1. The van der Waals surface area contributed by atoms with Crippen LogP contribution < -0.4 is 10.1 Å². The Morgan fingerprint density at radius 1 is 0.906 bits per heavy atom. The van der Waals surface area contributed by atoms with Crippen molar-refractivity contribution in [3.05, 3.63) is 84.4 Å². The number of piperidine rings is 1. The van der Waals surface area contributed by atoms with Crippen LogP contribution in [0.25, 0.3) is 0 Å². The first kappa shape index (κ1) is 22.0. The summed E-state index contributed by atoms with van der Waals surface area (Å²) in [7, 11) is -3.53. The minimum absolute atomic E-state index is 0.123. The highest BCUT2D eigenvalue weighted by Crippen LogP contribution is 2.31. The second-order valence-electron chi connectivity index (χ2n) is 7.89. The summed E-state index contributed by atoms with van der Waals surface area (Å²) in [5.74, 6) is 0.872. The van der Waals surface area contributed by atoms with E-state index < -0.39 is 10.0 Å². The highest BCUT2D eigenvalue weighted by Gasteiger charge is 2.32. The van der Waals surface area contributed by atoms with Crippen LogP contribution in [-0.2, 0) is 14.8 Å². The van der Waals surface area contributed by atoms with Gasteiger partial charge in [0.05, 0.1) is 10.6 Å². The van der Waals surface area contributed by atoms with Crippen LogP contribution in [0.4, 0.5) is 5.69 Å². The SMILES string of the molecule is Cc1ccc(Oc2ccccc2NC(=O)C2CCN(S(=O)(=O)c3ccccc3)CC2)cc1. The van der Waals surface area contributed by atoms with Crippen molar-refractivity contribution >= 4 is 21.6 Å². The quantitative estimate of drug-likeness (QED) is 0.584. The van der Waals surface area contributed by atoms with Gasteiger partial charge in [-0.25, -0.2) is 8.42 Å². The van der Waals surface area contributed by atoms with Gasteiger partial charge in [0.15, 0.2) is 5.75 Å². The van der Waals surface area contributed by atoms with Gasteiger partial charge < -0.3 is 10.1 Å². The zero-order valence-electron chi connectivity index (χ0n) is 17.9. The van der Waals surface area contributed by atoms with Crippen molar-refractivity contribution in [1.82, 2.24) is 4.31 Å². The van der Waals surface area contributed by atoms with Crippen LogP contribution in [0.5, 0.6) is 11.5 Å². The van der Waals surface area contributed by atoms with Gasteiger partial charge in [0.1, 0.15) is 5.75 Å². The minimum atomic E-state index is -3.53. The molecule has 32 heavy (non-hydrogen) atoms. The number of amides is 1. The summed E-state index contributed by atoms with van der Waals surface area (Å²) < 4.78 is 33.0. The molecule has 0 aromatic heterocycles. The summed E-state index contributed by atoms with van der Waals surface area (Å²) >= 11 is 0. The van der Waals surface area contributed by atoms with E-state index in [2.05, 4.69) is 5.32 Å². The van der Waals surface area contributed by atoms with E-state index in [4.69, 9.17) is 4.74 Å². The molecule has 7 heteroatoms. The highest BCUT2D eigenvalue weighted by molar-refractivity contribution is 7.89. The molecule has 0 saturated carbocycles. The lowest BCUT2D eigenvalue weighted by Gasteiger charge is -2.30. The van der Waals surface area contributed by atoms with Crippen LogP contribution in [0.3, 0.4) is 0 Å². The molecule has 0 atom stereocenters. The van der Waals surface area contributed by atoms with Gasteiger partial charge in [-0.15, -0.1) is 0 Å². The first-order valence-electron chi connectivity index (χ1n) is 10.6. The third-order valence-corrected chi connectivity index (χ3v) is 7.51. The second kappa shape index (κ2) is 9.54. The van der Waals surface area contributed by atoms with Crippen LogP contribution in [0.15, 0.2) is 83.8 Å². The largest absolute Gasteiger partial charge is 0.455 e. The number of nitrogens with zero attached hydrogens (tertiary/aromatic N) is 1. The number of nitrogens with one attached hydrogen (secondary N) is 1. The Bertz CT molecular complexity index is 1170. The maximum absolute atomic E-state index is 12.9. The maximum atomic E-state index is 12.9. The molecule has 4 rings (SSSR count). The fourth-order valence-electron chi connectivity index (χ4n) is 3.73. The van der Waals surface area contributed by atoms with Gasteiger partial charge in [-0.2, -0.15) is 4.31 Å². The van der Waals surface area contributed by atoms with E-state index in [0.29, 0.717) is 43.1 Å². The van der Waals surface area contributed by atoms with Gasteiger partial charge >= 0.3 is 0 Å². The number of aryl methyl sites for hydroxylation is 1. The first-order chi connectivity index (χ1) is 15.4. The molecule has 0 spiro atoms. The number of rotatable bonds is 6. The Labute approximate surface area is 188 Å². The Balaban J connectivity index is 1.39. The summed E-state index contributed by atoms with van der Waals surface area (Å²) in [6, 6.07) is 23.4. The van der Waals surface area contributed by atoms with E-state index in [9.17, 15) is 13.2 Å². The third kappa shape index (κ3) is 5.00. The molecule has 0 aliphatic carbocycles. The summed E-state index contributed by atoms with van der Waals surface area (Å²) in [5.41, 5.74) is 1.73. The maximum Gasteiger partial charge on any atom is 0.243 e. The van der Waals surface area contributed by atoms with Crippen molar-refractivity contribution in [3.63, 3.8) is 0 Å². The topological polar surface area (TPSA) is 75.7 Å². The Hall–Kier alpha value is -3.16. The third-order valence-electron chi connectivity index (χ3n) is 5.60. The predicted octanol–water partition coefficient (Wildman–Crippen LogP) is 4.83. The van der Waals surface area contributed by atoms with E-state index in [0.717, 1.165) is 5.56 Å². The molecule has 0 unspecified atom stereocenters. The van der Waals surface area contributed by atoms with Gasteiger partial charge in [-0.05, 0) is 56.2 Å². The molecule has 1 aliphatic rings. The second-order valence-corrected chi connectivity index (χ2v) is 9.83.